The van der Waals surface area contributed by atoms with Crippen LogP contribution in [0.1, 0.15) is 19.4 Å². The van der Waals surface area contributed by atoms with Gasteiger partial charge in [-0.2, -0.15) is 0 Å². The molecule has 0 bridgehead atoms. The summed E-state index contributed by atoms with van der Waals surface area (Å²) in [6.07, 6.45) is -0.543. The van der Waals surface area contributed by atoms with Crippen molar-refractivity contribution >= 4 is 17.5 Å². The molecule has 0 aliphatic carbocycles. The first-order valence-corrected chi connectivity index (χ1v) is 8.12. The lowest BCUT2D eigenvalue weighted by atomic mass is 10.1. The van der Waals surface area contributed by atoms with Crippen LogP contribution in [0.5, 0.6) is 0 Å². The molecule has 1 aliphatic heterocycles. The minimum absolute atomic E-state index is 0.0955. The highest BCUT2D eigenvalue weighted by atomic mass is 16.5. The number of hydrogen-bond donors (Lipinski definition) is 3. The van der Waals surface area contributed by atoms with E-state index in [1.54, 1.807) is 12.1 Å². The zero-order valence-corrected chi connectivity index (χ0v) is 14.1. The second-order valence-corrected chi connectivity index (χ2v) is 5.89. The molecule has 2 atom stereocenters. The lowest BCUT2D eigenvalue weighted by Gasteiger charge is -2.27. The molecule has 1 aliphatic rings. The van der Waals surface area contributed by atoms with Gasteiger partial charge in [-0.1, -0.05) is 19.1 Å². The van der Waals surface area contributed by atoms with E-state index in [-0.39, 0.29) is 24.4 Å². The number of carbonyl (C=O) groups excluding carboxylic acids is 2. The number of benzene rings is 1. The monoisotopic (exact) mass is 335 g/mol. The molecule has 1 heterocycles. The molecule has 0 spiro atoms. The predicted molar refractivity (Wildman–Crippen MR) is 90.5 cm³/mol. The molecule has 0 unspecified atom stereocenters. The molecule has 2 rings (SSSR count). The summed E-state index contributed by atoms with van der Waals surface area (Å²) in [5, 5.41) is 15.4. The van der Waals surface area contributed by atoms with Crippen molar-refractivity contribution in [3.8, 4) is 0 Å². The molecular weight excluding hydrogens is 310 g/mol. The summed E-state index contributed by atoms with van der Waals surface area (Å²) in [4.78, 5) is 25.0. The number of ether oxygens (including phenoxy) is 1. The fraction of sp³-hybridized carbons (Fsp3) is 0.529. The average molecular weight is 335 g/mol. The summed E-state index contributed by atoms with van der Waals surface area (Å²) < 4.78 is 5.25. The van der Waals surface area contributed by atoms with E-state index in [2.05, 4.69) is 10.6 Å². The number of likely N-dealkylation sites (N-methyl/N-ethyl adjacent to an activating group) is 1. The fourth-order valence-electron chi connectivity index (χ4n) is 2.69. The van der Waals surface area contributed by atoms with E-state index in [9.17, 15) is 14.7 Å². The van der Waals surface area contributed by atoms with E-state index in [1.165, 1.54) is 6.92 Å². The van der Waals surface area contributed by atoms with Crippen LogP contribution < -0.4 is 10.6 Å². The Kier molecular flexibility index (Phi) is 6.72. The Morgan fingerprint density at radius 2 is 2.00 bits per heavy atom. The van der Waals surface area contributed by atoms with Crippen LogP contribution in [0.2, 0.25) is 0 Å². The van der Waals surface area contributed by atoms with Gasteiger partial charge in [0.2, 0.25) is 11.8 Å². The molecule has 2 amide bonds. The minimum atomic E-state index is -0.543. The first-order valence-electron chi connectivity index (χ1n) is 8.12. The number of anilines is 1. The van der Waals surface area contributed by atoms with Gasteiger partial charge in [-0.25, -0.2) is 0 Å². The van der Waals surface area contributed by atoms with Crippen LogP contribution in [0.4, 0.5) is 5.69 Å². The van der Waals surface area contributed by atoms with Crippen molar-refractivity contribution in [2.75, 3.05) is 31.6 Å². The van der Waals surface area contributed by atoms with E-state index in [1.807, 2.05) is 24.0 Å². The van der Waals surface area contributed by atoms with Crippen LogP contribution >= 0.6 is 0 Å². The second-order valence-electron chi connectivity index (χ2n) is 5.89. The highest BCUT2D eigenvalue weighted by molar-refractivity contribution is 5.88. The van der Waals surface area contributed by atoms with Gasteiger partial charge < -0.3 is 20.5 Å². The quantitative estimate of drug-likeness (QED) is 0.669. The lowest BCUT2D eigenvalue weighted by molar-refractivity contribution is -0.123. The molecular formula is C17H25N3O4. The molecule has 7 heteroatoms. The van der Waals surface area contributed by atoms with Gasteiger partial charge in [-0.15, -0.1) is 0 Å². The Balaban J connectivity index is 1.80. The van der Waals surface area contributed by atoms with Crippen molar-refractivity contribution in [3.63, 3.8) is 0 Å². The number of nitrogens with one attached hydrogen (secondary N) is 2. The molecule has 132 valence electrons. The Morgan fingerprint density at radius 1 is 1.29 bits per heavy atom. The van der Waals surface area contributed by atoms with Crippen molar-refractivity contribution < 1.29 is 19.4 Å². The molecule has 1 saturated heterocycles. The zero-order valence-electron chi connectivity index (χ0n) is 14.1. The van der Waals surface area contributed by atoms with Crippen LogP contribution in [-0.4, -0.2) is 60.3 Å². The number of nitrogens with zero attached hydrogens (tertiary/aromatic N) is 1. The first-order chi connectivity index (χ1) is 11.5. The maximum atomic E-state index is 12.1. The van der Waals surface area contributed by atoms with E-state index in [0.717, 1.165) is 11.3 Å². The highest BCUT2D eigenvalue weighted by Gasteiger charge is 2.31. The summed E-state index contributed by atoms with van der Waals surface area (Å²) in [5.41, 5.74) is 1.68. The molecule has 0 aromatic heterocycles. The minimum Gasteiger partial charge on any atom is -0.389 e. The summed E-state index contributed by atoms with van der Waals surface area (Å²) in [6, 6.07) is 7.19. The van der Waals surface area contributed by atoms with Gasteiger partial charge in [0.25, 0.3) is 0 Å². The van der Waals surface area contributed by atoms with Crippen molar-refractivity contribution in [2.24, 2.45) is 0 Å². The molecule has 0 radical (unpaired) electrons. The van der Waals surface area contributed by atoms with Crippen LogP contribution in [-0.2, 0) is 20.9 Å². The van der Waals surface area contributed by atoms with Gasteiger partial charge in [0.1, 0.15) is 0 Å². The molecule has 3 N–H and O–H groups in total. The third-order valence-corrected chi connectivity index (χ3v) is 4.01. The topological polar surface area (TPSA) is 90.9 Å². The molecule has 1 aromatic rings. The second kappa shape index (κ2) is 8.77. The number of aliphatic hydroxyl groups excluding tert-OH is 1. The lowest BCUT2D eigenvalue weighted by Crippen LogP contribution is -2.47. The fourth-order valence-corrected chi connectivity index (χ4v) is 2.69. The zero-order chi connectivity index (χ0) is 17.5. The third kappa shape index (κ3) is 5.30. The summed E-state index contributed by atoms with van der Waals surface area (Å²) in [5.74, 6) is -0.212. The van der Waals surface area contributed by atoms with Gasteiger partial charge in [-0.05, 0) is 24.2 Å². The number of aliphatic hydroxyl groups is 1. The highest BCUT2D eigenvalue weighted by Crippen LogP contribution is 2.13. The van der Waals surface area contributed by atoms with Gasteiger partial charge >= 0.3 is 0 Å². The number of amides is 2. The van der Waals surface area contributed by atoms with Gasteiger partial charge in [0.15, 0.2) is 0 Å². The normalized spacial score (nSPS) is 20.2. The Hall–Kier alpha value is -1.96. The smallest absolute Gasteiger partial charge is 0.234 e. The Labute approximate surface area is 142 Å². The van der Waals surface area contributed by atoms with Crippen molar-refractivity contribution in [1.82, 2.24) is 10.2 Å². The number of hydrogen-bond acceptors (Lipinski definition) is 5. The molecule has 0 saturated carbocycles. The van der Waals surface area contributed by atoms with Gasteiger partial charge in [-0.3, -0.25) is 14.5 Å². The van der Waals surface area contributed by atoms with Crippen LogP contribution in [0.3, 0.4) is 0 Å². The molecule has 7 nitrogen and oxygen atoms in total. The maximum absolute atomic E-state index is 12.1. The van der Waals surface area contributed by atoms with Crippen molar-refractivity contribution in [3.05, 3.63) is 29.8 Å². The van der Waals surface area contributed by atoms with Crippen LogP contribution in [0.25, 0.3) is 0 Å². The SMILES string of the molecule is CCN(CC(=O)NCc1ccc(NC(C)=O)cc1)[C@@H]1COC[C@H]1O. The number of carbonyl (C=O) groups is 2. The maximum Gasteiger partial charge on any atom is 0.234 e. The van der Waals surface area contributed by atoms with Crippen LogP contribution in [0, 0.1) is 0 Å². The van der Waals surface area contributed by atoms with E-state index in [4.69, 9.17) is 4.74 Å². The van der Waals surface area contributed by atoms with Crippen molar-refractivity contribution in [1.29, 1.82) is 0 Å². The summed E-state index contributed by atoms with van der Waals surface area (Å²) in [6.45, 7) is 5.51. The third-order valence-electron chi connectivity index (χ3n) is 4.01. The van der Waals surface area contributed by atoms with Crippen molar-refractivity contribution in [2.45, 2.75) is 32.5 Å². The van der Waals surface area contributed by atoms with Gasteiger partial charge in [0.05, 0.1) is 31.9 Å². The first kappa shape index (κ1) is 18.4. The van der Waals surface area contributed by atoms with E-state index in [0.29, 0.717) is 26.3 Å². The Morgan fingerprint density at radius 3 is 2.54 bits per heavy atom. The Bertz CT molecular complexity index is 561. The largest absolute Gasteiger partial charge is 0.389 e. The molecule has 24 heavy (non-hydrogen) atoms. The summed E-state index contributed by atoms with van der Waals surface area (Å²) in [7, 11) is 0. The number of rotatable bonds is 7. The molecule has 1 fully saturated rings. The van der Waals surface area contributed by atoms with E-state index < -0.39 is 6.10 Å². The van der Waals surface area contributed by atoms with Crippen LogP contribution in [0.15, 0.2) is 24.3 Å². The molecule has 1 aromatic carbocycles. The average Bonchev–Trinajstić information content (AvgIpc) is 2.97. The standard InChI is InChI=1S/C17H25N3O4/c1-3-20(15-10-24-11-16(15)22)9-17(23)18-8-13-4-6-14(7-5-13)19-12(2)21/h4-7,15-16,22H,3,8-11H2,1-2H3,(H,18,23)(H,19,21)/t15-,16-/m1/s1. The van der Waals surface area contributed by atoms with E-state index >= 15 is 0 Å². The predicted octanol–water partition coefficient (Wildman–Crippen LogP) is 0.343. The summed E-state index contributed by atoms with van der Waals surface area (Å²) >= 11 is 0. The van der Waals surface area contributed by atoms with Gasteiger partial charge in [0, 0.05) is 19.2 Å².